The molecule has 8 heteroatoms. The maximum atomic E-state index is 12.9. The van der Waals surface area contributed by atoms with E-state index >= 15 is 0 Å². The summed E-state index contributed by atoms with van der Waals surface area (Å²) in [5, 5.41) is 6.04. The fourth-order valence-electron chi connectivity index (χ4n) is 4.55. The molecule has 0 aliphatic carbocycles. The minimum absolute atomic E-state index is 0.0365. The third kappa shape index (κ3) is 5.94. The zero-order valence-electron chi connectivity index (χ0n) is 19.5. The fraction of sp³-hybridized carbons (Fsp3) is 0.423. The van der Waals surface area contributed by atoms with Crippen LogP contribution in [0, 0.1) is 5.92 Å². The van der Waals surface area contributed by atoms with Gasteiger partial charge in [0.2, 0.25) is 17.7 Å². The molecular formula is C26H32N4O4. The van der Waals surface area contributed by atoms with Gasteiger partial charge in [0.05, 0.1) is 24.8 Å². The summed E-state index contributed by atoms with van der Waals surface area (Å²) in [6.45, 7) is 4.58. The smallest absolute Gasteiger partial charge is 0.238 e. The number of nitrogens with one attached hydrogen (secondary N) is 2. The maximum Gasteiger partial charge on any atom is 0.238 e. The lowest BCUT2D eigenvalue weighted by molar-refractivity contribution is -0.127. The molecule has 0 aromatic heterocycles. The molecule has 0 bridgehead atoms. The van der Waals surface area contributed by atoms with Gasteiger partial charge in [0, 0.05) is 37.8 Å². The van der Waals surface area contributed by atoms with Crippen molar-refractivity contribution in [3.05, 3.63) is 54.6 Å². The highest BCUT2D eigenvalue weighted by molar-refractivity contribution is 6.01. The van der Waals surface area contributed by atoms with Crippen LogP contribution in [0.1, 0.15) is 26.2 Å². The third-order valence-electron chi connectivity index (χ3n) is 6.31. The van der Waals surface area contributed by atoms with Gasteiger partial charge in [0.15, 0.2) is 0 Å². The molecular weight excluding hydrogens is 432 g/mol. The van der Waals surface area contributed by atoms with Crippen molar-refractivity contribution in [2.45, 2.75) is 32.2 Å². The van der Waals surface area contributed by atoms with Gasteiger partial charge in [0.25, 0.3) is 0 Å². The monoisotopic (exact) mass is 464 g/mol. The van der Waals surface area contributed by atoms with E-state index in [1.807, 2.05) is 61.5 Å². The molecule has 0 spiro atoms. The second-order valence-corrected chi connectivity index (χ2v) is 8.78. The van der Waals surface area contributed by atoms with Gasteiger partial charge < -0.3 is 20.3 Å². The molecule has 1 atom stereocenters. The highest BCUT2D eigenvalue weighted by atomic mass is 16.5. The number of ether oxygens (including phenoxy) is 1. The van der Waals surface area contributed by atoms with Gasteiger partial charge in [0.1, 0.15) is 5.75 Å². The molecule has 0 radical (unpaired) electrons. The fourth-order valence-corrected chi connectivity index (χ4v) is 4.55. The van der Waals surface area contributed by atoms with Gasteiger partial charge in [-0.25, -0.2) is 0 Å². The largest absolute Gasteiger partial charge is 0.492 e. The van der Waals surface area contributed by atoms with Crippen molar-refractivity contribution in [1.29, 1.82) is 0 Å². The van der Waals surface area contributed by atoms with Crippen LogP contribution in [0.3, 0.4) is 0 Å². The summed E-state index contributed by atoms with van der Waals surface area (Å²) in [5.41, 5.74) is 1.51. The molecule has 4 rings (SSSR count). The summed E-state index contributed by atoms with van der Waals surface area (Å²) in [7, 11) is 0. The van der Waals surface area contributed by atoms with Crippen molar-refractivity contribution in [2.24, 2.45) is 5.92 Å². The van der Waals surface area contributed by atoms with E-state index in [0.29, 0.717) is 31.1 Å². The van der Waals surface area contributed by atoms with Crippen LogP contribution in [0.4, 0.5) is 11.4 Å². The molecule has 0 saturated carbocycles. The van der Waals surface area contributed by atoms with E-state index in [1.165, 1.54) is 0 Å². The molecule has 1 unspecified atom stereocenters. The van der Waals surface area contributed by atoms with Gasteiger partial charge >= 0.3 is 0 Å². The Bertz CT molecular complexity index is 1000. The topological polar surface area (TPSA) is 91.0 Å². The summed E-state index contributed by atoms with van der Waals surface area (Å²) in [6.07, 6.45) is 1.76. The van der Waals surface area contributed by atoms with E-state index in [-0.39, 0.29) is 36.1 Å². The summed E-state index contributed by atoms with van der Waals surface area (Å²) in [6, 6.07) is 16.9. The minimum Gasteiger partial charge on any atom is -0.492 e. The van der Waals surface area contributed by atoms with Crippen LogP contribution in [0.5, 0.6) is 5.75 Å². The Morgan fingerprint density at radius 3 is 2.47 bits per heavy atom. The van der Waals surface area contributed by atoms with Crippen LogP contribution in [0.2, 0.25) is 0 Å². The quantitative estimate of drug-likeness (QED) is 0.627. The van der Waals surface area contributed by atoms with E-state index in [1.54, 1.807) is 4.90 Å². The Balaban J connectivity index is 1.24. The van der Waals surface area contributed by atoms with E-state index in [4.69, 9.17) is 4.74 Å². The van der Waals surface area contributed by atoms with Crippen LogP contribution in [-0.2, 0) is 14.4 Å². The van der Waals surface area contributed by atoms with Gasteiger partial charge in [-0.3, -0.25) is 19.3 Å². The van der Waals surface area contributed by atoms with Gasteiger partial charge in [-0.1, -0.05) is 30.3 Å². The predicted molar refractivity (Wildman–Crippen MR) is 131 cm³/mol. The maximum absolute atomic E-state index is 12.9. The first kappa shape index (κ1) is 23.8. The number of hydrogen-bond acceptors (Lipinski definition) is 5. The Morgan fingerprint density at radius 2 is 1.74 bits per heavy atom. The zero-order chi connectivity index (χ0) is 23.9. The van der Waals surface area contributed by atoms with Crippen LogP contribution in [-0.4, -0.2) is 61.4 Å². The number of nitrogens with zero attached hydrogens (tertiary/aromatic N) is 2. The lowest BCUT2D eigenvalue weighted by Crippen LogP contribution is -2.48. The Hall–Kier alpha value is -3.39. The lowest BCUT2D eigenvalue weighted by Gasteiger charge is -2.32. The number of benzene rings is 2. The molecule has 34 heavy (non-hydrogen) atoms. The molecule has 180 valence electrons. The van der Waals surface area contributed by atoms with Crippen LogP contribution in [0.15, 0.2) is 54.6 Å². The van der Waals surface area contributed by atoms with Crippen molar-refractivity contribution in [3.8, 4) is 5.75 Å². The van der Waals surface area contributed by atoms with Crippen LogP contribution < -0.4 is 20.3 Å². The van der Waals surface area contributed by atoms with Crippen LogP contribution >= 0.6 is 0 Å². The number of para-hydroxylation sites is 3. The van der Waals surface area contributed by atoms with E-state index in [0.717, 1.165) is 31.6 Å². The van der Waals surface area contributed by atoms with Gasteiger partial charge in [-0.05, 0) is 44.0 Å². The molecule has 2 aromatic carbocycles. The third-order valence-corrected chi connectivity index (χ3v) is 6.31. The van der Waals surface area contributed by atoms with Crippen molar-refractivity contribution < 1.29 is 19.1 Å². The highest BCUT2D eigenvalue weighted by Gasteiger charge is 2.37. The van der Waals surface area contributed by atoms with Gasteiger partial charge in [-0.15, -0.1) is 0 Å². The van der Waals surface area contributed by atoms with E-state index < -0.39 is 0 Å². The summed E-state index contributed by atoms with van der Waals surface area (Å²) < 4.78 is 5.66. The molecule has 2 aromatic rings. The minimum atomic E-state index is -0.378. The van der Waals surface area contributed by atoms with Crippen molar-refractivity contribution in [2.75, 3.05) is 43.0 Å². The molecule has 2 N–H and O–H groups in total. The second-order valence-electron chi connectivity index (χ2n) is 8.78. The second kappa shape index (κ2) is 11.2. The summed E-state index contributed by atoms with van der Waals surface area (Å²) in [4.78, 5) is 41.6. The number of rotatable bonds is 8. The number of carbonyl (C=O) groups excluding carboxylic acids is 3. The standard InChI is InChI=1S/C26H32N4O4/c1-2-34-23-11-7-6-10-22(23)30-17-19(16-25(30)32)26(33)28-21-12-14-29(15-13-21)18-24(31)27-20-8-4-3-5-9-20/h3-11,19,21H,2,12-18H2,1H3,(H,27,31)(H,28,33). The molecule has 2 aliphatic rings. The number of carbonyl (C=O) groups is 3. The number of anilines is 2. The van der Waals surface area contributed by atoms with Crippen molar-refractivity contribution in [3.63, 3.8) is 0 Å². The van der Waals surface area contributed by atoms with Gasteiger partial charge in [-0.2, -0.15) is 0 Å². The summed E-state index contributed by atoms with van der Waals surface area (Å²) >= 11 is 0. The van der Waals surface area contributed by atoms with E-state index in [2.05, 4.69) is 15.5 Å². The molecule has 8 nitrogen and oxygen atoms in total. The normalized spacial score (nSPS) is 19.1. The molecule has 2 saturated heterocycles. The Kier molecular flexibility index (Phi) is 7.80. The van der Waals surface area contributed by atoms with Crippen molar-refractivity contribution >= 4 is 29.1 Å². The number of likely N-dealkylation sites (tertiary alicyclic amines) is 1. The first-order valence-electron chi connectivity index (χ1n) is 11.9. The first-order chi connectivity index (χ1) is 16.5. The Morgan fingerprint density at radius 1 is 1.03 bits per heavy atom. The highest BCUT2D eigenvalue weighted by Crippen LogP contribution is 2.33. The summed E-state index contributed by atoms with van der Waals surface area (Å²) in [5.74, 6) is 0.0992. The average molecular weight is 465 g/mol. The average Bonchev–Trinajstić information content (AvgIpc) is 3.23. The first-order valence-corrected chi connectivity index (χ1v) is 11.9. The Labute approximate surface area is 200 Å². The zero-order valence-corrected chi connectivity index (χ0v) is 19.5. The van der Waals surface area contributed by atoms with Crippen molar-refractivity contribution in [1.82, 2.24) is 10.2 Å². The van der Waals surface area contributed by atoms with E-state index in [9.17, 15) is 14.4 Å². The molecule has 2 fully saturated rings. The molecule has 2 aliphatic heterocycles. The SMILES string of the molecule is CCOc1ccccc1N1CC(C(=O)NC2CCN(CC(=O)Nc3ccccc3)CC2)CC1=O. The lowest BCUT2D eigenvalue weighted by atomic mass is 10.0. The molecule has 3 amide bonds. The number of piperidine rings is 1. The van der Waals surface area contributed by atoms with Crippen LogP contribution in [0.25, 0.3) is 0 Å². The number of amides is 3. The molecule has 2 heterocycles. The number of hydrogen-bond donors (Lipinski definition) is 2. The predicted octanol–water partition coefficient (Wildman–Crippen LogP) is 2.66.